The highest BCUT2D eigenvalue weighted by Gasteiger charge is 2.43. The minimum atomic E-state index is -3.98. The number of halogens is 1. The Balaban J connectivity index is 2.10. The Labute approximate surface area is 232 Å². The lowest BCUT2D eigenvalue weighted by Crippen LogP contribution is -2.44. The van der Waals surface area contributed by atoms with E-state index in [4.69, 9.17) is 25.5 Å². The van der Waals surface area contributed by atoms with Gasteiger partial charge in [0.1, 0.15) is 23.0 Å². The van der Waals surface area contributed by atoms with Crippen molar-refractivity contribution in [3.05, 3.63) is 77.6 Å². The van der Waals surface area contributed by atoms with E-state index < -0.39 is 29.7 Å². The number of methoxy groups -OCH3 is 2. The quantitative estimate of drug-likeness (QED) is 0.246. The maximum Gasteiger partial charge on any atom is 0.233 e. The van der Waals surface area contributed by atoms with E-state index in [2.05, 4.69) is 51.1 Å². The molecule has 3 aromatic heterocycles. The summed E-state index contributed by atoms with van der Waals surface area (Å²) in [6.07, 6.45) is 4.48. The lowest BCUT2D eigenvalue weighted by Gasteiger charge is -2.34. The van der Waals surface area contributed by atoms with Gasteiger partial charge in [0.25, 0.3) is 0 Å². The van der Waals surface area contributed by atoms with Gasteiger partial charge in [0.05, 0.1) is 39.6 Å². The molecular weight excluding hydrogens is 560 g/mol. The maximum atomic E-state index is 13.0. The summed E-state index contributed by atoms with van der Waals surface area (Å²) in [5.74, 6) is 2.27. The van der Waals surface area contributed by atoms with Gasteiger partial charge >= 0.3 is 0 Å². The van der Waals surface area contributed by atoms with E-state index in [1.54, 1.807) is 34.9 Å². The molecule has 0 radical (unpaired) electrons. The molecular formula is C25H29ClN6O5SSi. The van der Waals surface area contributed by atoms with E-state index in [1.165, 1.54) is 32.9 Å². The van der Waals surface area contributed by atoms with Crippen LogP contribution in [-0.4, -0.2) is 55.4 Å². The highest BCUT2D eigenvalue weighted by atomic mass is 35.5. The number of furan rings is 1. The zero-order valence-corrected chi connectivity index (χ0v) is 24.7. The predicted octanol–water partition coefficient (Wildman–Crippen LogP) is 4.75. The van der Waals surface area contributed by atoms with Crippen molar-refractivity contribution in [1.82, 2.24) is 29.5 Å². The number of benzene rings is 1. The number of hydrogen-bond acceptors (Lipinski definition) is 9. The lowest BCUT2D eigenvalue weighted by molar-refractivity contribution is 0.389. The second kappa shape index (κ2) is 11.3. The fourth-order valence-corrected chi connectivity index (χ4v) is 7.42. The average Bonchev–Trinajstić information content (AvgIpc) is 3.58. The smallest absolute Gasteiger partial charge is 0.233 e. The summed E-state index contributed by atoms with van der Waals surface area (Å²) in [4.78, 5) is 8.96. The molecule has 2 atom stereocenters. The van der Waals surface area contributed by atoms with E-state index in [0.29, 0.717) is 39.6 Å². The van der Waals surface area contributed by atoms with Crippen LogP contribution in [0, 0.1) is 0 Å². The van der Waals surface area contributed by atoms with Crippen LogP contribution in [0.25, 0.3) is 17.3 Å². The summed E-state index contributed by atoms with van der Waals surface area (Å²) in [6, 6.07) is 7.77. The molecule has 0 spiro atoms. The van der Waals surface area contributed by atoms with Gasteiger partial charge in [-0.3, -0.25) is 4.57 Å². The van der Waals surface area contributed by atoms with Crippen molar-refractivity contribution in [3.63, 3.8) is 0 Å². The van der Waals surface area contributed by atoms with Gasteiger partial charge in [-0.15, -0.1) is 10.2 Å². The molecule has 3 heterocycles. The average molecular weight is 589 g/mol. The third-order valence-corrected chi connectivity index (χ3v) is 9.70. The zero-order valence-electron chi connectivity index (χ0n) is 22.1. The van der Waals surface area contributed by atoms with Crippen LogP contribution in [0.3, 0.4) is 0 Å². The van der Waals surface area contributed by atoms with Crippen LogP contribution in [-0.2, 0) is 10.0 Å². The van der Waals surface area contributed by atoms with Crippen molar-refractivity contribution in [1.29, 1.82) is 0 Å². The SMILES string of the molecule is C=CS(=O)(=O)NC(c1nnc(-c2ccco2)n1-c1c(OC)cccc1OC)C(c1ncc(Cl)cn1)[Si](C)(C)C. The largest absolute Gasteiger partial charge is 0.494 e. The van der Waals surface area contributed by atoms with E-state index in [0.717, 1.165) is 5.41 Å². The molecule has 0 aliphatic rings. The fourth-order valence-electron chi connectivity index (χ4n) is 4.35. The van der Waals surface area contributed by atoms with Gasteiger partial charge in [-0.25, -0.2) is 23.1 Å². The first-order valence-electron chi connectivity index (χ1n) is 11.8. The number of para-hydroxylation sites is 1. The molecule has 1 N–H and O–H groups in total. The summed E-state index contributed by atoms with van der Waals surface area (Å²) in [5.41, 5.74) is -0.0550. The zero-order chi connectivity index (χ0) is 28.4. The number of aromatic nitrogens is 5. The van der Waals surface area contributed by atoms with Crippen LogP contribution in [0.15, 0.2) is 65.4 Å². The molecule has 0 aliphatic carbocycles. The van der Waals surface area contributed by atoms with Crippen molar-refractivity contribution >= 4 is 29.7 Å². The first-order valence-corrected chi connectivity index (χ1v) is 17.3. The standard InChI is InChI=1S/C25H29ClN6O5SSi/c1-7-38(33,34)31-20(22(39(4,5)6)23-27-14-16(26)15-28-23)25-30-29-24(19-12-9-13-37-19)32(25)21-17(35-2)10-8-11-18(21)36-3/h7-15,20,22,31H,1H2,2-6H3. The van der Waals surface area contributed by atoms with Crippen molar-refractivity contribution in [2.45, 2.75) is 31.2 Å². The van der Waals surface area contributed by atoms with Gasteiger partial charge in [0, 0.05) is 23.3 Å². The van der Waals surface area contributed by atoms with Crippen molar-refractivity contribution in [2.75, 3.05) is 14.2 Å². The van der Waals surface area contributed by atoms with Gasteiger partial charge in [-0.1, -0.05) is 43.9 Å². The van der Waals surface area contributed by atoms with Crippen molar-refractivity contribution < 1.29 is 22.3 Å². The van der Waals surface area contributed by atoms with E-state index in [-0.39, 0.29) is 5.82 Å². The van der Waals surface area contributed by atoms with Crippen molar-refractivity contribution in [2.24, 2.45) is 0 Å². The van der Waals surface area contributed by atoms with Gasteiger partial charge in [0.2, 0.25) is 15.8 Å². The van der Waals surface area contributed by atoms with Crippen LogP contribution >= 0.6 is 11.6 Å². The maximum absolute atomic E-state index is 13.0. The fraction of sp³-hybridized carbons (Fsp3) is 0.280. The van der Waals surface area contributed by atoms with Crippen LogP contribution < -0.4 is 14.2 Å². The molecule has 0 aliphatic heterocycles. The van der Waals surface area contributed by atoms with E-state index in [9.17, 15) is 8.42 Å². The topological polar surface area (TPSA) is 134 Å². The predicted molar refractivity (Wildman–Crippen MR) is 150 cm³/mol. The number of sulfonamides is 1. The molecule has 4 aromatic rings. The number of nitrogens with zero attached hydrogens (tertiary/aromatic N) is 5. The highest BCUT2D eigenvalue weighted by Crippen LogP contribution is 2.42. The Kier molecular flexibility index (Phi) is 8.25. The lowest BCUT2D eigenvalue weighted by atomic mass is 10.1. The molecule has 206 valence electrons. The Morgan fingerprint density at radius 2 is 1.72 bits per heavy atom. The number of nitrogens with one attached hydrogen (secondary N) is 1. The first kappa shape index (κ1) is 28.5. The first-order chi connectivity index (χ1) is 18.5. The van der Waals surface area contributed by atoms with Gasteiger partial charge in [-0.2, -0.15) is 0 Å². The summed E-state index contributed by atoms with van der Waals surface area (Å²) in [6.45, 7) is 9.74. The monoisotopic (exact) mass is 588 g/mol. The normalized spacial score (nSPS) is 13.6. The van der Waals surface area contributed by atoms with E-state index in [1.807, 2.05) is 0 Å². The van der Waals surface area contributed by atoms with Crippen LogP contribution in [0.4, 0.5) is 0 Å². The summed E-state index contributed by atoms with van der Waals surface area (Å²) < 4.78 is 47.6. The molecule has 4 rings (SSSR count). The molecule has 0 bridgehead atoms. The molecule has 0 amide bonds. The second-order valence-corrected chi connectivity index (χ2v) is 17.1. The second-order valence-electron chi connectivity index (χ2n) is 9.62. The number of ether oxygens (including phenoxy) is 2. The van der Waals surface area contributed by atoms with Gasteiger partial charge in [0.15, 0.2) is 11.6 Å². The van der Waals surface area contributed by atoms with Crippen LogP contribution in [0.5, 0.6) is 11.5 Å². The molecule has 0 saturated heterocycles. The number of hydrogen-bond donors (Lipinski definition) is 1. The third kappa shape index (κ3) is 5.90. The Bertz CT molecular complexity index is 1530. The summed E-state index contributed by atoms with van der Waals surface area (Å²) in [7, 11) is -3.25. The third-order valence-electron chi connectivity index (χ3n) is 6.03. The molecule has 1 aromatic carbocycles. The number of rotatable bonds is 11. The molecule has 11 nitrogen and oxygen atoms in total. The highest BCUT2D eigenvalue weighted by molar-refractivity contribution is 7.92. The minimum absolute atomic E-state index is 0.251. The molecule has 0 saturated carbocycles. The summed E-state index contributed by atoms with van der Waals surface area (Å²) >= 11 is 6.09. The van der Waals surface area contributed by atoms with Crippen LogP contribution in [0.2, 0.25) is 24.7 Å². The molecule has 39 heavy (non-hydrogen) atoms. The van der Waals surface area contributed by atoms with Gasteiger partial charge in [-0.05, 0) is 24.3 Å². The van der Waals surface area contributed by atoms with Gasteiger partial charge < -0.3 is 13.9 Å². The molecule has 14 heteroatoms. The molecule has 0 fully saturated rings. The Morgan fingerprint density at radius 3 is 2.23 bits per heavy atom. The Morgan fingerprint density at radius 1 is 1.08 bits per heavy atom. The van der Waals surface area contributed by atoms with Crippen molar-refractivity contribution in [3.8, 4) is 28.8 Å². The molecule has 2 unspecified atom stereocenters. The van der Waals surface area contributed by atoms with Crippen LogP contribution in [0.1, 0.15) is 23.2 Å². The minimum Gasteiger partial charge on any atom is -0.494 e. The Hall–Kier alpha value is -3.52. The summed E-state index contributed by atoms with van der Waals surface area (Å²) in [5, 5.41) is 10.2. The van der Waals surface area contributed by atoms with E-state index >= 15 is 0 Å².